The summed E-state index contributed by atoms with van der Waals surface area (Å²) in [7, 11) is 0. The van der Waals surface area contributed by atoms with E-state index < -0.39 is 0 Å². The Labute approximate surface area is 93.7 Å². The minimum absolute atomic E-state index is 0.0307. The van der Waals surface area contributed by atoms with Crippen LogP contribution in [0.2, 0.25) is 0 Å². The second-order valence-electron chi connectivity index (χ2n) is 3.78. The second-order valence-corrected chi connectivity index (χ2v) is 3.78. The van der Waals surface area contributed by atoms with Gasteiger partial charge in [0.05, 0.1) is 6.42 Å². The van der Waals surface area contributed by atoms with Crippen LogP contribution in [0, 0.1) is 0 Å². The molecule has 1 atom stereocenters. The van der Waals surface area contributed by atoms with Crippen LogP contribution in [0.5, 0.6) is 0 Å². The summed E-state index contributed by atoms with van der Waals surface area (Å²) in [4.78, 5) is 8.45. The first kappa shape index (κ1) is 10.8. The van der Waals surface area contributed by atoms with E-state index in [0.29, 0.717) is 24.6 Å². The molecule has 0 saturated carbocycles. The molecule has 16 heavy (non-hydrogen) atoms. The van der Waals surface area contributed by atoms with Crippen molar-refractivity contribution in [2.75, 3.05) is 0 Å². The Morgan fingerprint density at radius 1 is 1.44 bits per heavy atom. The molecule has 0 spiro atoms. The number of nitrogens with two attached hydrogens (primary N) is 1. The molecule has 2 aromatic heterocycles. The average Bonchev–Trinajstić information content (AvgIpc) is 2.66. The fraction of sp³-hybridized carbons (Fsp3) is 0.364. The van der Waals surface area contributed by atoms with Crippen molar-refractivity contribution in [3.63, 3.8) is 0 Å². The molecular weight excluding hydrogens is 204 g/mol. The molecular formula is C11H14N4O. The maximum atomic E-state index is 5.65. The third-order valence-corrected chi connectivity index (χ3v) is 2.07. The molecule has 0 bridgehead atoms. The highest BCUT2D eigenvalue weighted by molar-refractivity contribution is 5.09. The number of rotatable bonds is 4. The molecule has 0 aliphatic carbocycles. The van der Waals surface area contributed by atoms with Gasteiger partial charge in [-0.15, -0.1) is 0 Å². The number of pyridine rings is 1. The number of aromatic nitrogens is 3. The zero-order chi connectivity index (χ0) is 11.4. The van der Waals surface area contributed by atoms with E-state index >= 15 is 0 Å². The summed E-state index contributed by atoms with van der Waals surface area (Å²) in [5.74, 6) is 1.23. The summed E-state index contributed by atoms with van der Waals surface area (Å²) < 4.78 is 5.08. The van der Waals surface area contributed by atoms with Crippen LogP contribution in [-0.4, -0.2) is 21.2 Å². The van der Waals surface area contributed by atoms with Gasteiger partial charge in [0, 0.05) is 24.4 Å². The van der Waals surface area contributed by atoms with Crippen molar-refractivity contribution in [2.24, 2.45) is 5.73 Å². The molecule has 1 unspecified atom stereocenters. The quantitative estimate of drug-likeness (QED) is 0.826. The van der Waals surface area contributed by atoms with Gasteiger partial charge in [0.15, 0.2) is 5.82 Å². The zero-order valence-electron chi connectivity index (χ0n) is 9.13. The summed E-state index contributed by atoms with van der Waals surface area (Å²) in [6.45, 7) is 1.91. The van der Waals surface area contributed by atoms with Crippen LogP contribution in [0.15, 0.2) is 28.9 Å². The Morgan fingerprint density at radius 3 is 3.00 bits per heavy atom. The molecule has 2 rings (SSSR count). The molecule has 0 amide bonds. The van der Waals surface area contributed by atoms with E-state index in [0.717, 1.165) is 5.69 Å². The fourth-order valence-corrected chi connectivity index (χ4v) is 1.38. The van der Waals surface area contributed by atoms with E-state index in [1.165, 1.54) is 0 Å². The van der Waals surface area contributed by atoms with E-state index in [1.807, 2.05) is 25.1 Å². The predicted molar refractivity (Wildman–Crippen MR) is 58.7 cm³/mol. The molecule has 0 radical (unpaired) electrons. The van der Waals surface area contributed by atoms with Crippen molar-refractivity contribution in [3.8, 4) is 0 Å². The highest BCUT2D eigenvalue weighted by Gasteiger charge is 2.08. The first-order valence-electron chi connectivity index (χ1n) is 5.21. The van der Waals surface area contributed by atoms with Gasteiger partial charge in [-0.25, -0.2) is 0 Å². The van der Waals surface area contributed by atoms with Crippen LogP contribution < -0.4 is 5.73 Å². The highest BCUT2D eigenvalue weighted by atomic mass is 16.5. The van der Waals surface area contributed by atoms with Gasteiger partial charge < -0.3 is 10.3 Å². The molecule has 2 heterocycles. The molecule has 84 valence electrons. The van der Waals surface area contributed by atoms with Crippen LogP contribution in [0.4, 0.5) is 0 Å². The van der Waals surface area contributed by atoms with Crippen LogP contribution in [-0.2, 0) is 12.8 Å². The van der Waals surface area contributed by atoms with Crippen molar-refractivity contribution < 1.29 is 4.52 Å². The molecule has 2 aromatic rings. The maximum absolute atomic E-state index is 5.65. The van der Waals surface area contributed by atoms with E-state index in [-0.39, 0.29) is 6.04 Å². The molecule has 0 aromatic carbocycles. The van der Waals surface area contributed by atoms with Crippen molar-refractivity contribution in [1.82, 2.24) is 15.1 Å². The Morgan fingerprint density at radius 2 is 2.31 bits per heavy atom. The fourth-order valence-electron chi connectivity index (χ4n) is 1.38. The third-order valence-electron chi connectivity index (χ3n) is 2.07. The van der Waals surface area contributed by atoms with Crippen molar-refractivity contribution in [2.45, 2.75) is 25.8 Å². The van der Waals surface area contributed by atoms with Crippen molar-refractivity contribution in [3.05, 3.63) is 41.8 Å². The summed E-state index contributed by atoms with van der Waals surface area (Å²) >= 11 is 0. The predicted octanol–water partition coefficient (Wildman–Crippen LogP) is 0.945. The lowest BCUT2D eigenvalue weighted by atomic mass is 10.2. The first-order chi connectivity index (χ1) is 7.74. The lowest BCUT2D eigenvalue weighted by molar-refractivity contribution is 0.367. The van der Waals surface area contributed by atoms with Gasteiger partial charge in [-0.05, 0) is 19.1 Å². The van der Waals surface area contributed by atoms with E-state index in [2.05, 4.69) is 15.1 Å². The van der Waals surface area contributed by atoms with E-state index in [9.17, 15) is 0 Å². The van der Waals surface area contributed by atoms with E-state index in [4.69, 9.17) is 10.3 Å². The summed E-state index contributed by atoms with van der Waals surface area (Å²) in [5.41, 5.74) is 6.57. The minimum atomic E-state index is 0.0307. The number of hydrogen-bond donors (Lipinski definition) is 1. The van der Waals surface area contributed by atoms with Gasteiger partial charge in [0.1, 0.15) is 0 Å². The first-order valence-corrected chi connectivity index (χ1v) is 5.21. The van der Waals surface area contributed by atoms with Gasteiger partial charge in [-0.1, -0.05) is 11.2 Å². The van der Waals surface area contributed by atoms with Gasteiger partial charge in [0.25, 0.3) is 0 Å². The van der Waals surface area contributed by atoms with E-state index in [1.54, 1.807) is 6.20 Å². The smallest absolute Gasteiger partial charge is 0.228 e. The standard InChI is InChI=1S/C11H14N4O/c1-8(12)6-11-14-10(15-16-11)7-9-4-2-3-5-13-9/h2-5,8H,6-7,12H2,1H3. The minimum Gasteiger partial charge on any atom is -0.339 e. The molecule has 0 fully saturated rings. The van der Waals surface area contributed by atoms with Crippen LogP contribution in [0.3, 0.4) is 0 Å². The van der Waals surface area contributed by atoms with Gasteiger partial charge in [-0.3, -0.25) is 4.98 Å². The van der Waals surface area contributed by atoms with Crippen LogP contribution in [0.25, 0.3) is 0 Å². The summed E-state index contributed by atoms with van der Waals surface area (Å²) in [6, 6.07) is 5.77. The summed E-state index contributed by atoms with van der Waals surface area (Å²) in [5, 5.41) is 3.88. The average molecular weight is 218 g/mol. The largest absolute Gasteiger partial charge is 0.339 e. The van der Waals surface area contributed by atoms with Crippen LogP contribution >= 0.6 is 0 Å². The Balaban J connectivity index is 2.03. The summed E-state index contributed by atoms with van der Waals surface area (Å²) in [6.07, 6.45) is 2.94. The SMILES string of the molecule is CC(N)Cc1nc(Cc2ccccn2)no1. The molecule has 2 N–H and O–H groups in total. The van der Waals surface area contributed by atoms with Crippen molar-refractivity contribution >= 4 is 0 Å². The van der Waals surface area contributed by atoms with Crippen LogP contribution in [0.1, 0.15) is 24.3 Å². The molecule has 0 saturated heterocycles. The lowest BCUT2D eigenvalue weighted by Crippen LogP contribution is -2.17. The lowest BCUT2D eigenvalue weighted by Gasteiger charge is -1.96. The molecule has 0 aliphatic rings. The zero-order valence-corrected chi connectivity index (χ0v) is 9.13. The normalized spacial score (nSPS) is 12.6. The van der Waals surface area contributed by atoms with Gasteiger partial charge in [0.2, 0.25) is 5.89 Å². The molecule has 5 heteroatoms. The second kappa shape index (κ2) is 4.85. The van der Waals surface area contributed by atoms with Gasteiger partial charge >= 0.3 is 0 Å². The maximum Gasteiger partial charge on any atom is 0.228 e. The third kappa shape index (κ3) is 2.87. The Kier molecular flexibility index (Phi) is 3.26. The monoisotopic (exact) mass is 218 g/mol. The highest BCUT2D eigenvalue weighted by Crippen LogP contribution is 2.05. The Bertz CT molecular complexity index is 438. The molecule has 5 nitrogen and oxygen atoms in total. The topological polar surface area (TPSA) is 77.8 Å². The Hall–Kier alpha value is -1.75. The van der Waals surface area contributed by atoms with Gasteiger partial charge in [-0.2, -0.15) is 4.98 Å². The molecule has 0 aliphatic heterocycles. The number of hydrogen-bond acceptors (Lipinski definition) is 5. The van der Waals surface area contributed by atoms with Crippen molar-refractivity contribution in [1.29, 1.82) is 0 Å². The number of nitrogens with zero attached hydrogens (tertiary/aromatic N) is 3.